The summed E-state index contributed by atoms with van der Waals surface area (Å²) in [5.74, 6) is 0.566. The van der Waals surface area contributed by atoms with Crippen LogP contribution in [0, 0.1) is 5.92 Å². The van der Waals surface area contributed by atoms with Crippen molar-refractivity contribution < 1.29 is 0 Å². The lowest BCUT2D eigenvalue weighted by Crippen LogP contribution is -2.20. The van der Waals surface area contributed by atoms with E-state index >= 15 is 0 Å². The SMILES string of the molecule is CCC1CN(c2ccncc2Cl)CC1Cl. The van der Waals surface area contributed by atoms with E-state index in [1.807, 2.05) is 6.07 Å². The number of alkyl halides is 1. The van der Waals surface area contributed by atoms with Gasteiger partial charge in [0.05, 0.1) is 16.1 Å². The normalized spacial score (nSPS) is 25.9. The Labute approximate surface area is 100 Å². The van der Waals surface area contributed by atoms with Gasteiger partial charge in [0.1, 0.15) is 0 Å². The van der Waals surface area contributed by atoms with E-state index in [2.05, 4.69) is 16.8 Å². The molecule has 0 amide bonds. The van der Waals surface area contributed by atoms with Gasteiger partial charge >= 0.3 is 0 Å². The third-order valence-electron chi connectivity index (χ3n) is 2.98. The van der Waals surface area contributed by atoms with E-state index in [-0.39, 0.29) is 5.38 Å². The summed E-state index contributed by atoms with van der Waals surface area (Å²) < 4.78 is 0. The molecule has 0 bridgehead atoms. The molecule has 1 aliphatic heterocycles. The number of aromatic nitrogens is 1. The molecule has 4 heteroatoms. The Hall–Kier alpha value is -0.470. The van der Waals surface area contributed by atoms with Crippen molar-refractivity contribution in [2.24, 2.45) is 5.92 Å². The summed E-state index contributed by atoms with van der Waals surface area (Å²) in [6.45, 7) is 4.05. The summed E-state index contributed by atoms with van der Waals surface area (Å²) in [4.78, 5) is 6.23. The van der Waals surface area contributed by atoms with Gasteiger partial charge in [-0.1, -0.05) is 24.9 Å². The topological polar surface area (TPSA) is 16.1 Å². The van der Waals surface area contributed by atoms with Gasteiger partial charge in [0.15, 0.2) is 0 Å². The van der Waals surface area contributed by atoms with Crippen molar-refractivity contribution in [2.45, 2.75) is 18.7 Å². The highest BCUT2D eigenvalue weighted by molar-refractivity contribution is 6.33. The highest BCUT2D eigenvalue weighted by Crippen LogP contribution is 2.32. The lowest BCUT2D eigenvalue weighted by Gasteiger charge is -2.19. The lowest BCUT2D eigenvalue weighted by molar-refractivity contribution is 0.575. The first kappa shape index (κ1) is 11.0. The molecule has 0 aromatic carbocycles. The van der Waals surface area contributed by atoms with Gasteiger partial charge in [0.25, 0.3) is 0 Å². The second-order valence-electron chi connectivity index (χ2n) is 3.92. The molecule has 0 saturated carbocycles. The van der Waals surface area contributed by atoms with E-state index in [9.17, 15) is 0 Å². The van der Waals surface area contributed by atoms with Crippen molar-refractivity contribution in [3.63, 3.8) is 0 Å². The predicted molar refractivity (Wildman–Crippen MR) is 64.9 cm³/mol. The first-order valence-electron chi connectivity index (χ1n) is 5.21. The molecule has 1 fully saturated rings. The van der Waals surface area contributed by atoms with Crippen LogP contribution in [0.1, 0.15) is 13.3 Å². The van der Waals surface area contributed by atoms with E-state index in [0.717, 1.165) is 25.2 Å². The molecular formula is C11H14Cl2N2. The standard InChI is InChI=1S/C11H14Cl2N2/c1-2-8-6-15(7-10(8)13)11-3-4-14-5-9(11)12/h3-5,8,10H,2,6-7H2,1H3. The second kappa shape index (κ2) is 4.58. The minimum atomic E-state index is 0.235. The summed E-state index contributed by atoms with van der Waals surface area (Å²) in [5, 5.41) is 0.942. The lowest BCUT2D eigenvalue weighted by atomic mass is 10.1. The predicted octanol–water partition coefficient (Wildman–Crippen LogP) is 3.19. The average molecular weight is 245 g/mol. The summed E-state index contributed by atoms with van der Waals surface area (Å²) in [5.41, 5.74) is 1.05. The molecule has 2 nitrogen and oxygen atoms in total. The molecule has 2 atom stereocenters. The first-order chi connectivity index (χ1) is 7.22. The maximum absolute atomic E-state index is 6.27. The molecule has 82 valence electrons. The zero-order chi connectivity index (χ0) is 10.8. The van der Waals surface area contributed by atoms with Crippen molar-refractivity contribution in [1.29, 1.82) is 0 Å². The molecule has 0 spiro atoms. The quantitative estimate of drug-likeness (QED) is 0.744. The Morgan fingerprint density at radius 3 is 2.93 bits per heavy atom. The summed E-state index contributed by atoms with van der Waals surface area (Å²) in [7, 11) is 0. The number of hydrogen-bond donors (Lipinski definition) is 0. The number of halogens is 2. The van der Waals surface area contributed by atoms with E-state index in [1.54, 1.807) is 12.4 Å². The van der Waals surface area contributed by atoms with Gasteiger partial charge in [-0.05, 0) is 12.0 Å². The molecule has 2 heterocycles. The van der Waals surface area contributed by atoms with E-state index < -0.39 is 0 Å². The van der Waals surface area contributed by atoms with Crippen LogP contribution in [0.3, 0.4) is 0 Å². The average Bonchev–Trinajstić information content (AvgIpc) is 2.60. The van der Waals surface area contributed by atoms with E-state index in [0.29, 0.717) is 10.9 Å². The number of anilines is 1. The second-order valence-corrected chi connectivity index (χ2v) is 4.88. The van der Waals surface area contributed by atoms with Crippen LogP contribution < -0.4 is 4.90 Å². The Bertz CT molecular complexity index is 343. The highest BCUT2D eigenvalue weighted by Gasteiger charge is 2.30. The van der Waals surface area contributed by atoms with Gasteiger partial charge in [0, 0.05) is 25.5 Å². The molecule has 1 saturated heterocycles. The third-order valence-corrected chi connectivity index (χ3v) is 3.76. The number of rotatable bonds is 2. The van der Waals surface area contributed by atoms with Gasteiger partial charge in [-0.2, -0.15) is 0 Å². The Balaban J connectivity index is 2.17. The number of hydrogen-bond acceptors (Lipinski definition) is 2. The maximum atomic E-state index is 6.27. The van der Waals surface area contributed by atoms with Crippen LogP contribution in [0.4, 0.5) is 5.69 Å². The van der Waals surface area contributed by atoms with Gasteiger partial charge in [-0.15, -0.1) is 11.6 Å². The molecule has 2 unspecified atom stereocenters. The van der Waals surface area contributed by atoms with Crippen LogP contribution in [0.2, 0.25) is 5.02 Å². The van der Waals surface area contributed by atoms with Crippen LogP contribution in [0.15, 0.2) is 18.5 Å². The van der Waals surface area contributed by atoms with Crippen LogP contribution in [0.25, 0.3) is 0 Å². The maximum Gasteiger partial charge on any atom is 0.0822 e. The van der Waals surface area contributed by atoms with Crippen molar-refractivity contribution in [1.82, 2.24) is 4.98 Å². The van der Waals surface area contributed by atoms with Gasteiger partial charge in [-0.3, -0.25) is 4.98 Å². The summed E-state index contributed by atoms with van der Waals surface area (Å²) in [6.07, 6.45) is 4.57. The number of pyridine rings is 1. The largest absolute Gasteiger partial charge is 0.368 e. The molecule has 1 aromatic heterocycles. The summed E-state index contributed by atoms with van der Waals surface area (Å²) in [6, 6.07) is 1.95. The minimum Gasteiger partial charge on any atom is -0.368 e. The van der Waals surface area contributed by atoms with Crippen molar-refractivity contribution in [3.8, 4) is 0 Å². The van der Waals surface area contributed by atoms with Crippen LogP contribution >= 0.6 is 23.2 Å². The third kappa shape index (κ3) is 2.21. The Kier molecular flexibility index (Phi) is 3.37. The molecule has 2 rings (SSSR count). The zero-order valence-electron chi connectivity index (χ0n) is 8.66. The van der Waals surface area contributed by atoms with Gasteiger partial charge < -0.3 is 4.90 Å². The van der Waals surface area contributed by atoms with Gasteiger partial charge in [0.2, 0.25) is 0 Å². The molecule has 0 N–H and O–H groups in total. The fourth-order valence-electron chi connectivity index (χ4n) is 2.04. The molecule has 0 radical (unpaired) electrons. The number of nitrogens with zero attached hydrogens (tertiary/aromatic N) is 2. The van der Waals surface area contributed by atoms with Crippen LogP contribution in [-0.2, 0) is 0 Å². The molecule has 1 aliphatic rings. The first-order valence-corrected chi connectivity index (χ1v) is 6.02. The fourth-order valence-corrected chi connectivity index (χ4v) is 2.70. The molecule has 1 aromatic rings. The van der Waals surface area contributed by atoms with Crippen molar-refractivity contribution in [3.05, 3.63) is 23.5 Å². The highest BCUT2D eigenvalue weighted by atomic mass is 35.5. The molecule has 15 heavy (non-hydrogen) atoms. The minimum absolute atomic E-state index is 0.235. The smallest absolute Gasteiger partial charge is 0.0822 e. The van der Waals surface area contributed by atoms with Crippen LogP contribution in [0.5, 0.6) is 0 Å². The van der Waals surface area contributed by atoms with Crippen molar-refractivity contribution >= 4 is 28.9 Å². The zero-order valence-corrected chi connectivity index (χ0v) is 10.2. The summed E-state index contributed by atoms with van der Waals surface area (Å²) >= 11 is 12.4. The fraction of sp³-hybridized carbons (Fsp3) is 0.545. The van der Waals surface area contributed by atoms with Crippen LogP contribution in [-0.4, -0.2) is 23.5 Å². The Morgan fingerprint density at radius 1 is 1.53 bits per heavy atom. The van der Waals surface area contributed by atoms with Crippen molar-refractivity contribution in [2.75, 3.05) is 18.0 Å². The van der Waals surface area contributed by atoms with E-state index in [4.69, 9.17) is 23.2 Å². The Morgan fingerprint density at radius 2 is 2.33 bits per heavy atom. The molecular weight excluding hydrogens is 231 g/mol. The molecule has 0 aliphatic carbocycles. The van der Waals surface area contributed by atoms with E-state index in [1.165, 1.54) is 0 Å². The van der Waals surface area contributed by atoms with Gasteiger partial charge in [-0.25, -0.2) is 0 Å². The monoisotopic (exact) mass is 244 g/mol.